The lowest BCUT2D eigenvalue weighted by molar-refractivity contribution is 0.0645. The number of nitrogens with zero attached hydrogens (tertiary/aromatic N) is 2. The van der Waals surface area contributed by atoms with Gasteiger partial charge in [-0.1, -0.05) is 78.9 Å². The number of rotatable bonds is 8. The maximum Gasteiger partial charge on any atom is 0.255 e. The molecule has 1 amide bonds. The van der Waals surface area contributed by atoms with Crippen molar-refractivity contribution in [3.05, 3.63) is 90.0 Å². The molecule has 0 aliphatic rings. The van der Waals surface area contributed by atoms with E-state index in [-0.39, 0.29) is 18.0 Å². The standard InChI is InChI=1S/C30H37N2O2PS/c1-22(2)32(23(3)4)29(33)28-24(21-31-36(34)30(5,6)7)15-14-20-27(28)35(25-16-10-8-11-17-25)26-18-12-9-13-19-26/h8-23H,1-7H3/b31-21-/t36-/m1/s1. The zero-order valence-electron chi connectivity index (χ0n) is 22.3. The van der Waals surface area contributed by atoms with E-state index in [1.807, 2.05) is 102 Å². The van der Waals surface area contributed by atoms with Gasteiger partial charge >= 0.3 is 0 Å². The van der Waals surface area contributed by atoms with Gasteiger partial charge in [-0.15, -0.1) is 0 Å². The molecule has 6 heteroatoms. The first kappa shape index (κ1) is 28.0. The van der Waals surface area contributed by atoms with Gasteiger partial charge in [0.15, 0.2) is 0 Å². The van der Waals surface area contributed by atoms with E-state index in [1.165, 1.54) is 10.6 Å². The third-order valence-corrected chi connectivity index (χ3v) is 9.54. The van der Waals surface area contributed by atoms with E-state index in [4.69, 9.17) is 0 Å². The molecular formula is C30H37N2O2PS. The van der Waals surface area contributed by atoms with E-state index in [9.17, 15) is 9.00 Å². The van der Waals surface area contributed by atoms with Crippen molar-refractivity contribution in [2.24, 2.45) is 4.40 Å². The molecule has 0 fully saturated rings. The Morgan fingerprint density at radius 1 is 0.833 bits per heavy atom. The summed E-state index contributed by atoms with van der Waals surface area (Å²) in [6.07, 6.45) is 1.63. The third-order valence-electron chi connectivity index (χ3n) is 5.72. The molecule has 36 heavy (non-hydrogen) atoms. The van der Waals surface area contributed by atoms with Crippen molar-refractivity contribution >= 4 is 46.9 Å². The van der Waals surface area contributed by atoms with Crippen molar-refractivity contribution in [2.75, 3.05) is 0 Å². The molecule has 3 aromatic rings. The van der Waals surface area contributed by atoms with Crippen LogP contribution in [0.15, 0.2) is 83.3 Å². The average molecular weight is 521 g/mol. The first-order valence-electron chi connectivity index (χ1n) is 12.3. The van der Waals surface area contributed by atoms with Gasteiger partial charge in [-0.05, 0) is 72.3 Å². The molecule has 0 aliphatic carbocycles. The van der Waals surface area contributed by atoms with E-state index in [0.717, 1.165) is 5.30 Å². The second kappa shape index (κ2) is 12.1. The van der Waals surface area contributed by atoms with Crippen LogP contribution in [0.2, 0.25) is 0 Å². The number of hydrogen-bond donors (Lipinski definition) is 0. The Balaban J connectivity index is 2.31. The average Bonchev–Trinajstić information content (AvgIpc) is 2.83. The third kappa shape index (κ3) is 6.57. The van der Waals surface area contributed by atoms with Crippen LogP contribution in [-0.4, -0.2) is 38.1 Å². The highest BCUT2D eigenvalue weighted by atomic mass is 32.2. The van der Waals surface area contributed by atoms with Gasteiger partial charge in [-0.25, -0.2) is 4.21 Å². The molecule has 0 N–H and O–H groups in total. The molecule has 0 saturated heterocycles. The number of hydrogen-bond acceptors (Lipinski definition) is 2. The minimum atomic E-state index is -1.43. The SMILES string of the molecule is CC(C)N(C(=O)c1c(/C=N\[S@](=O)C(C)(C)C)cccc1P(c1ccccc1)c1ccccc1)C(C)C. The fourth-order valence-corrected chi connectivity index (χ4v) is 7.13. The van der Waals surface area contributed by atoms with Gasteiger partial charge < -0.3 is 4.90 Å². The van der Waals surface area contributed by atoms with Gasteiger partial charge in [0.2, 0.25) is 0 Å². The predicted molar refractivity (Wildman–Crippen MR) is 157 cm³/mol. The summed E-state index contributed by atoms with van der Waals surface area (Å²) in [6.45, 7) is 13.9. The summed E-state index contributed by atoms with van der Waals surface area (Å²) in [4.78, 5) is 16.2. The summed E-state index contributed by atoms with van der Waals surface area (Å²) in [6, 6.07) is 26.7. The fraction of sp³-hybridized carbons (Fsp3) is 0.333. The number of benzene rings is 3. The molecule has 4 nitrogen and oxygen atoms in total. The fourth-order valence-electron chi connectivity index (χ4n) is 4.12. The molecule has 0 unspecified atom stereocenters. The minimum Gasteiger partial charge on any atom is -0.334 e. The second-order valence-electron chi connectivity index (χ2n) is 10.2. The lowest BCUT2D eigenvalue weighted by atomic mass is 10.0. The van der Waals surface area contributed by atoms with Gasteiger partial charge in [-0.3, -0.25) is 4.79 Å². The highest BCUT2D eigenvalue weighted by Gasteiger charge is 2.30. The Kier molecular flexibility index (Phi) is 9.38. The molecule has 0 radical (unpaired) electrons. The molecule has 0 saturated carbocycles. The summed E-state index contributed by atoms with van der Waals surface area (Å²) in [5.74, 6) is -0.0297. The Morgan fingerprint density at radius 2 is 1.33 bits per heavy atom. The van der Waals surface area contributed by atoms with Crippen molar-refractivity contribution in [1.82, 2.24) is 4.90 Å². The van der Waals surface area contributed by atoms with Crippen molar-refractivity contribution in [1.29, 1.82) is 0 Å². The Morgan fingerprint density at radius 3 is 1.78 bits per heavy atom. The number of carbonyl (C=O) groups is 1. The second-order valence-corrected chi connectivity index (χ2v) is 14.4. The first-order valence-corrected chi connectivity index (χ1v) is 14.8. The minimum absolute atomic E-state index is 0.0266. The van der Waals surface area contributed by atoms with Gasteiger partial charge in [0.25, 0.3) is 5.91 Å². The molecule has 0 aromatic heterocycles. The normalized spacial score (nSPS) is 13.1. The largest absolute Gasteiger partial charge is 0.334 e. The molecule has 0 aliphatic heterocycles. The topological polar surface area (TPSA) is 49.7 Å². The van der Waals surface area contributed by atoms with E-state index >= 15 is 0 Å². The van der Waals surface area contributed by atoms with Gasteiger partial charge in [0.05, 0.1) is 10.3 Å². The molecular weight excluding hydrogens is 483 g/mol. The van der Waals surface area contributed by atoms with Crippen LogP contribution in [0.4, 0.5) is 0 Å². The van der Waals surface area contributed by atoms with E-state index in [0.29, 0.717) is 11.1 Å². The summed E-state index contributed by atoms with van der Waals surface area (Å²) < 4.78 is 16.7. The van der Waals surface area contributed by atoms with Crippen LogP contribution in [-0.2, 0) is 11.0 Å². The van der Waals surface area contributed by atoms with Crippen LogP contribution in [0.5, 0.6) is 0 Å². The summed E-state index contributed by atoms with van der Waals surface area (Å²) >= 11 is 0. The predicted octanol–water partition coefficient (Wildman–Crippen LogP) is 5.58. The van der Waals surface area contributed by atoms with Crippen LogP contribution >= 0.6 is 7.92 Å². The highest BCUT2D eigenvalue weighted by molar-refractivity contribution is 7.85. The van der Waals surface area contributed by atoms with Gasteiger partial charge in [-0.2, -0.15) is 4.40 Å². The number of carbonyl (C=O) groups excluding carboxylic acids is 1. The zero-order chi connectivity index (χ0) is 26.5. The maximum absolute atomic E-state index is 14.3. The van der Waals surface area contributed by atoms with E-state index < -0.39 is 23.7 Å². The molecule has 0 heterocycles. The zero-order valence-corrected chi connectivity index (χ0v) is 24.0. The van der Waals surface area contributed by atoms with Crippen LogP contribution in [0, 0.1) is 0 Å². The first-order chi connectivity index (χ1) is 17.0. The monoisotopic (exact) mass is 520 g/mol. The van der Waals surface area contributed by atoms with E-state index in [2.05, 4.69) is 34.7 Å². The maximum atomic E-state index is 14.3. The molecule has 3 aromatic carbocycles. The molecule has 190 valence electrons. The Labute approximate surface area is 220 Å². The molecule has 1 atom stereocenters. The summed E-state index contributed by atoms with van der Waals surface area (Å²) in [5.41, 5.74) is 1.33. The summed E-state index contributed by atoms with van der Waals surface area (Å²) in [5, 5.41) is 3.31. The summed E-state index contributed by atoms with van der Waals surface area (Å²) in [7, 11) is -2.44. The Bertz CT molecular complexity index is 1170. The van der Waals surface area contributed by atoms with Crippen LogP contribution < -0.4 is 15.9 Å². The quantitative estimate of drug-likeness (QED) is 0.287. The molecule has 3 rings (SSSR count). The van der Waals surface area contributed by atoms with Crippen LogP contribution in [0.25, 0.3) is 0 Å². The number of amides is 1. The van der Waals surface area contributed by atoms with E-state index in [1.54, 1.807) is 6.21 Å². The molecule has 0 spiro atoms. The lowest BCUT2D eigenvalue weighted by Crippen LogP contribution is -2.44. The highest BCUT2D eigenvalue weighted by Crippen LogP contribution is 2.35. The van der Waals surface area contributed by atoms with Crippen LogP contribution in [0.3, 0.4) is 0 Å². The van der Waals surface area contributed by atoms with Crippen molar-refractivity contribution in [3.63, 3.8) is 0 Å². The molecule has 0 bridgehead atoms. The van der Waals surface area contributed by atoms with Gasteiger partial charge in [0.1, 0.15) is 11.0 Å². The Hall–Kier alpha value is -2.62. The van der Waals surface area contributed by atoms with Crippen molar-refractivity contribution in [3.8, 4) is 0 Å². The smallest absolute Gasteiger partial charge is 0.255 e. The van der Waals surface area contributed by atoms with Crippen molar-refractivity contribution < 1.29 is 9.00 Å². The lowest BCUT2D eigenvalue weighted by Gasteiger charge is -2.33. The van der Waals surface area contributed by atoms with Crippen molar-refractivity contribution in [2.45, 2.75) is 65.3 Å². The van der Waals surface area contributed by atoms with Crippen LogP contribution in [0.1, 0.15) is 64.4 Å². The van der Waals surface area contributed by atoms with Gasteiger partial charge in [0, 0.05) is 23.9 Å².